The van der Waals surface area contributed by atoms with Gasteiger partial charge in [0.15, 0.2) is 11.0 Å². The Labute approximate surface area is 155 Å². The summed E-state index contributed by atoms with van der Waals surface area (Å²) in [5.74, 6) is 0.737. The molecule has 6 nitrogen and oxygen atoms in total. The summed E-state index contributed by atoms with van der Waals surface area (Å²) >= 11 is 1.28. The summed E-state index contributed by atoms with van der Waals surface area (Å²) in [7, 11) is 0. The first-order valence-electron chi connectivity index (χ1n) is 7.99. The predicted molar refractivity (Wildman–Crippen MR) is 103 cm³/mol. The number of carbonyl (C=O) groups excluding carboxylic acids is 1. The number of nitrogens with one attached hydrogen (secondary N) is 1. The number of phenols is 1. The van der Waals surface area contributed by atoms with Gasteiger partial charge in [0.1, 0.15) is 5.75 Å². The van der Waals surface area contributed by atoms with Gasteiger partial charge >= 0.3 is 0 Å². The third-order valence-electron chi connectivity index (χ3n) is 3.56. The quantitative estimate of drug-likeness (QED) is 0.494. The molecule has 0 saturated heterocycles. The van der Waals surface area contributed by atoms with Crippen molar-refractivity contribution < 1.29 is 9.90 Å². The van der Waals surface area contributed by atoms with E-state index >= 15 is 0 Å². The van der Waals surface area contributed by atoms with Crippen molar-refractivity contribution in [2.45, 2.75) is 11.7 Å². The van der Waals surface area contributed by atoms with Crippen LogP contribution in [0.25, 0.3) is 11.4 Å². The second-order valence-electron chi connectivity index (χ2n) is 5.43. The monoisotopic (exact) mass is 366 g/mol. The van der Waals surface area contributed by atoms with Crippen molar-refractivity contribution in [3.63, 3.8) is 0 Å². The van der Waals surface area contributed by atoms with Gasteiger partial charge in [-0.25, -0.2) is 0 Å². The molecule has 7 heteroatoms. The summed E-state index contributed by atoms with van der Waals surface area (Å²) < 4.78 is 1.82. The zero-order valence-electron chi connectivity index (χ0n) is 14.0. The van der Waals surface area contributed by atoms with Crippen molar-refractivity contribution in [1.82, 2.24) is 14.8 Å². The fourth-order valence-corrected chi connectivity index (χ4v) is 3.15. The van der Waals surface area contributed by atoms with Crippen LogP contribution in [0.2, 0.25) is 0 Å². The van der Waals surface area contributed by atoms with Gasteiger partial charge in [-0.1, -0.05) is 48.2 Å². The Kier molecular flexibility index (Phi) is 5.70. The first-order chi connectivity index (χ1) is 12.7. The van der Waals surface area contributed by atoms with Gasteiger partial charge < -0.3 is 10.4 Å². The number of hydrogen-bond donors (Lipinski definition) is 2. The van der Waals surface area contributed by atoms with E-state index in [0.29, 0.717) is 23.1 Å². The number of anilines is 1. The number of rotatable bonds is 7. The second kappa shape index (κ2) is 8.35. The van der Waals surface area contributed by atoms with E-state index in [-0.39, 0.29) is 17.4 Å². The van der Waals surface area contributed by atoms with Gasteiger partial charge in [0.2, 0.25) is 5.91 Å². The van der Waals surface area contributed by atoms with Crippen molar-refractivity contribution in [2.75, 3.05) is 11.1 Å². The molecule has 1 aromatic heterocycles. The van der Waals surface area contributed by atoms with E-state index < -0.39 is 0 Å². The first-order valence-corrected chi connectivity index (χ1v) is 8.97. The Bertz CT molecular complexity index is 909. The number of allylic oxidation sites excluding steroid dienone is 1. The summed E-state index contributed by atoms with van der Waals surface area (Å²) in [5, 5.41) is 21.8. The molecule has 0 aliphatic heterocycles. The number of para-hydroxylation sites is 2. The van der Waals surface area contributed by atoms with Crippen molar-refractivity contribution in [2.24, 2.45) is 0 Å². The van der Waals surface area contributed by atoms with E-state index in [1.807, 2.05) is 41.0 Å². The van der Waals surface area contributed by atoms with Gasteiger partial charge in [-0.3, -0.25) is 9.36 Å². The van der Waals surface area contributed by atoms with Crippen LogP contribution < -0.4 is 5.32 Å². The number of benzene rings is 2. The minimum Gasteiger partial charge on any atom is -0.507 e. The summed E-state index contributed by atoms with van der Waals surface area (Å²) in [4.78, 5) is 12.1. The lowest BCUT2D eigenvalue weighted by molar-refractivity contribution is -0.113. The van der Waals surface area contributed by atoms with Crippen LogP contribution in [0.1, 0.15) is 0 Å². The van der Waals surface area contributed by atoms with Crippen LogP contribution in [0.15, 0.2) is 72.4 Å². The maximum Gasteiger partial charge on any atom is 0.234 e. The molecule has 0 radical (unpaired) electrons. The number of amides is 1. The third kappa shape index (κ3) is 4.12. The normalized spacial score (nSPS) is 10.5. The van der Waals surface area contributed by atoms with Crippen molar-refractivity contribution in [3.05, 3.63) is 67.3 Å². The number of carbonyl (C=O) groups is 1. The van der Waals surface area contributed by atoms with E-state index in [2.05, 4.69) is 22.1 Å². The minimum absolute atomic E-state index is 0.126. The van der Waals surface area contributed by atoms with Crippen molar-refractivity contribution >= 4 is 23.4 Å². The zero-order valence-corrected chi connectivity index (χ0v) is 14.8. The van der Waals surface area contributed by atoms with Gasteiger partial charge in [-0.05, 0) is 24.3 Å². The van der Waals surface area contributed by atoms with Crippen LogP contribution in [-0.2, 0) is 11.3 Å². The van der Waals surface area contributed by atoms with Gasteiger partial charge in [-0.15, -0.1) is 16.8 Å². The highest BCUT2D eigenvalue weighted by Crippen LogP contribution is 2.30. The molecule has 3 rings (SSSR count). The van der Waals surface area contributed by atoms with Crippen LogP contribution in [0.3, 0.4) is 0 Å². The van der Waals surface area contributed by atoms with Crippen LogP contribution in [0.5, 0.6) is 5.75 Å². The maximum absolute atomic E-state index is 12.1. The average molecular weight is 366 g/mol. The molecule has 26 heavy (non-hydrogen) atoms. The number of hydrogen-bond acceptors (Lipinski definition) is 5. The molecule has 0 bridgehead atoms. The lowest BCUT2D eigenvalue weighted by atomic mass is 10.2. The highest BCUT2D eigenvalue weighted by molar-refractivity contribution is 7.99. The molecular formula is C19H18N4O2S. The minimum atomic E-state index is -0.126. The molecule has 3 aromatic rings. The molecule has 0 unspecified atom stereocenters. The fourth-order valence-electron chi connectivity index (χ4n) is 2.40. The van der Waals surface area contributed by atoms with Gasteiger partial charge in [0.25, 0.3) is 0 Å². The Balaban J connectivity index is 1.75. The Morgan fingerprint density at radius 3 is 2.62 bits per heavy atom. The van der Waals surface area contributed by atoms with E-state index in [1.54, 1.807) is 24.3 Å². The lowest BCUT2D eigenvalue weighted by Gasteiger charge is -2.09. The molecule has 0 fully saturated rings. The molecule has 2 aromatic carbocycles. The molecule has 0 aliphatic carbocycles. The molecule has 0 aliphatic rings. The number of aromatic hydroxyl groups is 1. The van der Waals surface area contributed by atoms with E-state index in [0.717, 1.165) is 5.69 Å². The summed E-state index contributed by atoms with van der Waals surface area (Å²) in [6.07, 6.45) is 1.72. The maximum atomic E-state index is 12.1. The van der Waals surface area contributed by atoms with Crippen LogP contribution in [0.4, 0.5) is 5.69 Å². The summed E-state index contributed by atoms with van der Waals surface area (Å²) in [6, 6.07) is 16.2. The molecule has 0 spiro atoms. The Hall–Kier alpha value is -3.06. The number of aromatic nitrogens is 3. The highest BCUT2D eigenvalue weighted by atomic mass is 32.2. The van der Waals surface area contributed by atoms with Crippen molar-refractivity contribution in [3.8, 4) is 17.1 Å². The number of nitrogens with zero attached hydrogens (tertiary/aromatic N) is 3. The molecular weight excluding hydrogens is 348 g/mol. The molecule has 0 saturated carbocycles. The SMILES string of the molecule is C=CCn1c(SCC(=O)Nc2ccccc2)nnc1-c1ccccc1O. The van der Waals surface area contributed by atoms with Crippen molar-refractivity contribution in [1.29, 1.82) is 0 Å². The van der Waals surface area contributed by atoms with Crippen LogP contribution >= 0.6 is 11.8 Å². The average Bonchev–Trinajstić information content (AvgIpc) is 3.04. The molecule has 0 atom stereocenters. The fraction of sp³-hybridized carbons (Fsp3) is 0.105. The van der Waals surface area contributed by atoms with Gasteiger partial charge in [0.05, 0.1) is 11.3 Å². The molecule has 1 heterocycles. The van der Waals surface area contributed by atoms with Gasteiger partial charge in [-0.2, -0.15) is 0 Å². The number of thioether (sulfide) groups is 1. The molecule has 1 amide bonds. The third-order valence-corrected chi connectivity index (χ3v) is 4.53. The lowest BCUT2D eigenvalue weighted by Crippen LogP contribution is -2.14. The standard InChI is InChI=1S/C19H18N4O2S/c1-2-12-23-18(15-10-6-7-11-16(15)24)21-22-19(23)26-13-17(25)20-14-8-4-3-5-9-14/h2-11,24H,1,12-13H2,(H,20,25). The smallest absolute Gasteiger partial charge is 0.234 e. The summed E-state index contributed by atoms with van der Waals surface area (Å²) in [6.45, 7) is 4.23. The van der Waals surface area contributed by atoms with E-state index in [4.69, 9.17) is 0 Å². The highest BCUT2D eigenvalue weighted by Gasteiger charge is 2.17. The van der Waals surface area contributed by atoms with E-state index in [1.165, 1.54) is 11.8 Å². The second-order valence-corrected chi connectivity index (χ2v) is 6.37. The molecule has 2 N–H and O–H groups in total. The first kappa shape index (κ1) is 17.8. The van der Waals surface area contributed by atoms with Crippen LogP contribution in [0, 0.1) is 0 Å². The van der Waals surface area contributed by atoms with Gasteiger partial charge in [0, 0.05) is 12.2 Å². The molecule has 132 valence electrons. The topological polar surface area (TPSA) is 80.0 Å². The largest absolute Gasteiger partial charge is 0.507 e. The van der Waals surface area contributed by atoms with Crippen LogP contribution in [-0.4, -0.2) is 31.5 Å². The Morgan fingerprint density at radius 2 is 1.88 bits per heavy atom. The van der Waals surface area contributed by atoms with E-state index in [9.17, 15) is 9.90 Å². The zero-order chi connectivity index (χ0) is 18.4. The number of phenolic OH excluding ortho intramolecular Hbond substituents is 1. The predicted octanol–water partition coefficient (Wildman–Crippen LogP) is 3.57. The Morgan fingerprint density at radius 1 is 1.15 bits per heavy atom. The summed E-state index contributed by atoms with van der Waals surface area (Å²) in [5.41, 5.74) is 1.34.